The summed E-state index contributed by atoms with van der Waals surface area (Å²) < 4.78 is 0. The fourth-order valence-corrected chi connectivity index (χ4v) is 7.61. The molecule has 4 aliphatic carbocycles. The second-order valence-corrected chi connectivity index (χ2v) is 10.5. The highest BCUT2D eigenvalue weighted by Crippen LogP contribution is 2.66. The summed E-state index contributed by atoms with van der Waals surface area (Å²) in [5.41, 5.74) is 11.4. The molecule has 0 unspecified atom stereocenters. The van der Waals surface area contributed by atoms with Crippen LogP contribution >= 0.6 is 12.2 Å². The molecule has 4 aliphatic rings. The van der Waals surface area contributed by atoms with Crippen LogP contribution in [0.3, 0.4) is 0 Å². The molecule has 27 heavy (non-hydrogen) atoms. The topological polar surface area (TPSA) is 70.6 Å². The van der Waals surface area contributed by atoms with Crippen LogP contribution in [-0.4, -0.2) is 22.0 Å². The van der Waals surface area contributed by atoms with E-state index in [0.29, 0.717) is 5.41 Å². The van der Waals surface area contributed by atoms with Gasteiger partial charge in [0.05, 0.1) is 11.8 Å². The van der Waals surface area contributed by atoms with E-state index in [1.807, 2.05) is 0 Å². The van der Waals surface area contributed by atoms with Crippen LogP contribution < -0.4 is 11.2 Å². The van der Waals surface area contributed by atoms with Crippen LogP contribution in [0.15, 0.2) is 16.8 Å². The summed E-state index contributed by atoms with van der Waals surface area (Å²) in [6.07, 6.45) is 12.0. The lowest BCUT2D eigenvalue weighted by Crippen LogP contribution is -2.53. The summed E-state index contributed by atoms with van der Waals surface area (Å²) in [5.74, 6) is 3.08. The highest BCUT2D eigenvalue weighted by atomic mass is 32.1. The number of nitrogens with two attached hydrogens (primary N) is 1. The number of nitrogens with zero attached hydrogens (tertiary/aromatic N) is 1. The van der Waals surface area contributed by atoms with Gasteiger partial charge in [-0.05, 0) is 111 Å². The van der Waals surface area contributed by atoms with Gasteiger partial charge < -0.3 is 10.8 Å². The van der Waals surface area contributed by atoms with Gasteiger partial charge >= 0.3 is 0 Å². The van der Waals surface area contributed by atoms with E-state index in [1.165, 1.54) is 44.1 Å². The molecule has 5 heteroatoms. The van der Waals surface area contributed by atoms with E-state index < -0.39 is 0 Å². The van der Waals surface area contributed by atoms with Crippen molar-refractivity contribution >= 4 is 23.0 Å². The molecule has 0 amide bonds. The number of rotatable bonds is 2. The van der Waals surface area contributed by atoms with Gasteiger partial charge in [-0.25, -0.2) is 0 Å². The van der Waals surface area contributed by atoms with Gasteiger partial charge in [0.15, 0.2) is 5.11 Å². The van der Waals surface area contributed by atoms with Crippen LogP contribution in [0.5, 0.6) is 0 Å². The fraction of sp³-hybridized carbons (Fsp3) is 0.818. The zero-order valence-corrected chi connectivity index (χ0v) is 17.8. The van der Waals surface area contributed by atoms with Gasteiger partial charge in [0.1, 0.15) is 0 Å². The molecule has 0 aromatic rings. The Labute approximate surface area is 169 Å². The predicted octanol–water partition coefficient (Wildman–Crippen LogP) is 4.14. The molecule has 4 rings (SSSR count). The van der Waals surface area contributed by atoms with Crippen LogP contribution in [0.2, 0.25) is 0 Å². The Morgan fingerprint density at radius 3 is 2.74 bits per heavy atom. The first-order valence-electron chi connectivity index (χ1n) is 10.7. The third-order valence-corrected chi connectivity index (χ3v) is 9.03. The zero-order chi connectivity index (χ0) is 19.4. The van der Waals surface area contributed by atoms with E-state index in [1.54, 1.807) is 0 Å². The molecule has 0 radical (unpaired) electrons. The molecule has 7 atom stereocenters. The molecule has 3 fully saturated rings. The smallest absolute Gasteiger partial charge is 0.184 e. The summed E-state index contributed by atoms with van der Waals surface area (Å²) in [6.45, 7) is 7.09. The van der Waals surface area contributed by atoms with Crippen LogP contribution in [0.25, 0.3) is 0 Å². The molecule has 150 valence electrons. The van der Waals surface area contributed by atoms with Crippen LogP contribution in [0, 0.1) is 34.5 Å². The number of aliphatic hydroxyl groups excluding tert-OH is 1. The number of nitrogens with one attached hydrogen (secondary N) is 1. The normalized spacial score (nSPS) is 46.7. The number of allylic oxidation sites excluding steroid dienone is 2. The standard InChI is InChI=1S/C22H35N3OS/c1-13(24-25-20(23)27)17-6-7-18-16-5-4-14-12-15(26)8-10-21(14,2)19(16)9-11-22(17,18)3/h6,14-16,18-19,26H,4-5,7-12H2,1-3H3,(H3,23,25,27)/b24-13-/t14-,15+,16-,18-,19-,21-,22+/m0/s1. The Hall–Kier alpha value is -0.940. The van der Waals surface area contributed by atoms with Gasteiger partial charge in [0.2, 0.25) is 0 Å². The van der Waals surface area contributed by atoms with Crippen molar-refractivity contribution in [3.05, 3.63) is 11.6 Å². The Kier molecular flexibility index (Phi) is 4.91. The van der Waals surface area contributed by atoms with E-state index in [4.69, 9.17) is 18.0 Å². The first kappa shape index (κ1) is 19.4. The van der Waals surface area contributed by atoms with Crippen molar-refractivity contribution in [1.29, 1.82) is 0 Å². The van der Waals surface area contributed by atoms with Gasteiger partial charge in [-0.2, -0.15) is 5.10 Å². The third kappa shape index (κ3) is 3.05. The summed E-state index contributed by atoms with van der Waals surface area (Å²) in [5, 5.41) is 14.9. The lowest BCUT2D eigenvalue weighted by Gasteiger charge is -2.60. The number of hydrogen-bond donors (Lipinski definition) is 3. The molecule has 0 aromatic carbocycles. The van der Waals surface area contributed by atoms with Crippen LogP contribution in [0.4, 0.5) is 0 Å². The van der Waals surface area contributed by atoms with Crippen molar-refractivity contribution in [2.45, 2.75) is 78.2 Å². The first-order chi connectivity index (χ1) is 12.8. The maximum absolute atomic E-state index is 10.2. The van der Waals surface area contributed by atoms with Gasteiger partial charge in [0.25, 0.3) is 0 Å². The van der Waals surface area contributed by atoms with Crippen molar-refractivity contribution < 1.29 is 5.11 Å². The average molecular weight is 390 g/mol. The quantitative estimate of drug-likeness (QED) is 0.377. The van der Waals surface area contributed by atoms with Crippen molar-refractivity contribution in [3.8, 4) is 0 Å². The van der Waals surface area contributed by atoms with Crippen LogP contribution in [0.1, 0.15) is 72.1 Å². The minimum Gasteiger partial charge on any atom is -0.393 e. The average Bonchev–Trinajstić information content (AvgIpc) is 2.97. The van der Waals surface area contributed by atoms with E-state index in [2.05, 4.69) is 37.4 Å². The molecule has 0 saturated heterocycles. The zero-order valence-electron chi connectivity index (χ0n) is 17.0. The molecule has 0 aliphatic heterocycles. The Morgan fingerprint density at radius 1 is 1.22 bits per heavy atom. The molecule has 0 bridgehead atoms. The minimum atomic E-state index is -0.0618. The summed E-state index contributed by atoms with van der Waals surface area (Å²) in [4.78, 5) is 0. The highest BCUT2D eigenvalue weighted by molar-refractivity contribution is 7.80. The Balaban J connectivity index is 1.56. The fourth-order valence-electron chi connectivity index (χ4n) is 7.56. The molecule has 0 spiro atoms. The number of fused-ring (bicyclic) bond motifs is 5. The molecule has 0 heterocycles. The van der Waals surface area contributed by atoms with Gasteiger partial charge in [-0.3, -0.25) is 5.43 Å². The van der Waals surface area contributed by atoms with Gasteiger partial charge in [0, 0.05) is 0 Å². The number of hydrazone groups is 1. The summed E-state index contributed by atoms with van der Waals surface area (Å²) in [6, 6.07) is 0. The summed E-state index contributed by atoms with van der Waals surface area (Å²) in [7, 11) is 0. The first-order valence-corrected chi connectivity index (χ1v) is 11.2. The van der Waals surface area contributed by atoms with Crippen molar-refractivity contribution in [1.82, 2.24) is 5.43 Å². The van der Waals surface area contributed by atoms with Crippen LogP contribution in [-0.2, 0) is 0 Å². The van der Waals surface area contributed by atoms with E-state index in [9.17, 15) is 5.11 Å². The molecular formula is C22H35N3OS. The van der Waals surface area contributed by atoms with Gasteiger partial charge in [-0.15, -0.1) is 0 Å². The Bertz CT molecular complexity index is 689. The van der Waals surface area contributed by atoms with Crippen molar-refractivity contribution in [2.24, 2.45) is 45.3 Å². The molecular weight excluding hydrogens is 354 g/mol. The third-order valence-electron chi connectivity index (χ3n) is 8.94. The summed E-state index contributed by atoms with van der Waals surface area (Å²) >= 11 is 4.90. The Morgan fingerprint density at radius 2 is 2.00 bits per heavy atom. The molecule has 0 aromatic heterocycles. The largest absolute Gasteiger partial charge is 0.393 e. The maximum atomic E-state index is 10.2. The number of aliphatic hydroxyl groups is 1. The number of hydrogen-bond acceptors (Lipinski definition) is 3. The van der Waals surface area contributed by atoms with Crippen molar-refractivity contribution in [3.63, 3.8) is 0 Å². The monoisotopic (exact) mass is 389 g/mol. The SMILES string of the molecule is C/C(=N/NC(N)=S)C1=CC[C@H]2[C@@H]3CC[C@H]4C[C@H](O)CC[C@]4(C)[C@H]3CC[C@]12C. The van der Waals surface area contributed by atoms with Gasteiger partial charge in [-0.1, -0.05) is 19.9 Å². The second-order valence-electron chi connectivity index (χ2n) is 10.1. The maximum Gasteiger partial charge on any atom is 0.184 e. The molecule has 4 N–H and O–H groups in total. The number of thiocarbonyl (C=S) groups is 1. The predicted molar refractivity (Wildman–Crippen MR) is 114 cm³/mol. The minimum absolute atomic E-state index is 0.0618. The lowest BCUT2D eigenvalue weighted by molar-refractivity contribution is -0.117. The van der Waals surface area contributed by atoms with E-state index in [-0.39, 0.29) is 16.6 Å². The second kappa shape index (κ2) is 6.84. The van der Waals surface area contributed by atoms with Crippen molar-refractivity contribution in [2.75, 3.05) is 0 Å². The molecule has 4 nitrogen and oxygen atoms in total. The highest BCUT2D eigenvalue weighted by Gasteiger charge is 2.58. The van der Waals surface area contributed by atoms with E-state index >= 15 is 0 Å². The lowest BCUT2D eigenvalue weighted by atomic mass is 9.44. The van der Waals surface area contributed by atoms with E-state index in [0.717, 1.165) is 42.2 Å². The molecule has 3 saturated carbocycles.